The first kappa shape index (κ1) is 19.8. The molecule has 2 aromatic rings. The van der Waals surface area contributed by atoms with Crippen molar-refractivity contribution in [2.24, 2.45) is 0 Å². The molecular weight excluding hydrogens is 376 g/mol. The summed E-state index contributed by atoms with van der Waals surface area (Å²) in [4.78, 5) is 15.1. The van der Waals surface area contributed by atoms with Gasteiger partial charge in [0.2, 0.25) is 0 Å². The lowest BCUT2D eigenvalue weighted by Gasteiger charge is -2.45. The van der Waals surface area contributed by atoms with Gasteiger partial charge in [0.05, 0.1) is 0 Å². The fraction of sp³-hybridized carbons (Fsp3) is 0.364. The minimum Gasteiger partial charge on any atom is -0.335 e. The molecule has 2 aromatic carbocycles. The molecule has 1 saturated carbocycles. The molecule has 5 heteroatoms. The number of aryl methyl sites for hydroxylation is 1. The molecule has 1 N–H and O–H groups in total. The number of thiocarbonyl (C=S) groups is 1. The molecule has 1 fully saturated rings. The highest BCUT2D eigenvalue weighted by molar-refractivity contribution is 7.80. The van der Waals surface area contributed by atoms with E-state index >= 15 is 0 Å². The molecule has 142 valence electrons. The maximum absolute atomic E-state index is 13.2. The summed E-state index contributed by atoms with van der Waals surface area (Å²) in [6.45, 7) is 4.14. The van der Waals surface area contributed by atoms with Crippen molar-refractivity contribution < 1.29 is 4.79 Å². The molecule has 3 nitrogen and oxygen atoms in total. The minimum atomic E-state index is -0.821. The lowest BCUT2D eigenvalue weighted by Crippen LogP contribution is -2.55. The molecule has 27 heavy (non-hydrogen) atoms. The highest BCUT2D eigenvalue weighted by Crippen LogP contribution is 2.42. The van der Waals surface area contributed by atoms with E-state index in [9.17, 15) is 4.79 Å². The second-order valence-corrected chi connectivity index (χ2v) is 8.00. The van der Waals surface area contributed by atoms with E-state index in [1.54, 1.807) is 0 Å². The van der Waals surface area contributed by atoms with Crippen molar-refractivity contribution in [3.63, 3.8) is 0 Å². The van der Waals surface area contributed by atoms with E-state index in [2.05, 4.69) is 25.2 Å². The average molecular weight is 401 g/mol. The van der Waals surface area contributed by atoms with Gasteiger partial charge in [0.15, 0.2) is 10.9 Å². The molecule has 0 aromatic heterocycles. The molecule has 1 aliphatic rings. The summed E-state index contributed by atoms with van der Waals surface area (Å²) in [6, 6.07) is 13.7. The first-order chi connectivity index (χ1) is 12.9. The molecule has 0 heterocycles. The average Bonchev–Trinajstić information content (AvgIpc) is 2.66. The van der Waals surface area contributed by atoms with Crippen molar-refractivity contribution in [3.05, 3.63) is 64.2 Å². The largest absolute Gasteiger partial charge is 0.335 e. The second-order valence-electron chi connectivity index (χ2n) is 7.21. The van der Waals surface area contributed by atoms with Crippen LogP contribution < -0.4 is 5.32 Å². The van der Waals surface area contributed by atoms with E-state index in [-0.39, 0.29) is 5.78 Å². The summed E-state index contributed by atoms with van der Waals surface area (Å²) < 4.78 is 0. The van der Waals surface area contributed by atoms with Crippen molar-refractivity contribution in [3.8, 4) is 0 Å². The van der Waals surface area contributed by atoms with Gasteiger partial charge in [-0.25, -0.2) is 0 Å². The summed E-state index contributed by atoms with van der Waals surface area (Å²) in [6.07, 6.45) is 3.13. The Kier molecular flexibility index (Phi) is 5.87. The molecule has 1 atom stereocenters. The molecule has 0 unspecified atom stereocenters. The Hall–Kier alpha value is -1.91. The van der Waals surface area contributed by atoms with Crippen molar-refractivity contribution >= 4 is 40.4 Å². The van der Waals surface area contributed by atoms with Gasteiger partial charge in [0.25, 0.3) is 0 Å². The van der Waals surface area contributed by atoms with Crippen molar-refractivity contribution in [1.29, 1.82) is 0 Å². The normalized spacial score (nSPS) is 19.6. The number of benzene rings is 2. The van der Waals surface area contributed by atoms with Gasteiger partial charge in [0.1, 0.15) is 5.54 Å². The Bertz CT molecular complexity index is 882. The summed E-state index contributed by atoms with van der Waals surface area (Å²) in [5.74, 6) is 0.175. The SMILES string of the molecule is Cc1cccc(NC(=S)N(C)[C@]2(c3ccccc3Cl)CCCCC2=O)c1C. The Morgan fingerprint density at radius 2 is 1.89 bits per heavy atom. The van der Waals surface area contributed by atoms with Crippen molar-refractivity contribution in [1.82, 2.24) is 4.90 Å². The highest BCUT2D eigenvalue weighted by atomic mass is 35.5. The maximum atomic E-state index is 13.2. The van der Waals surface area contributed by atoms with E-state index < -0.39 is 5.54 Å². The Morgan fingerprint density at radius 3 is 2.59 bits per heavy atom. The van der Waals surface area contributed by atoms with E-state index in [0.29, 0.717) is 23.0 Å². The topological polar surface area (TPSA) is 32.3 Å². The lowest BCUT2D eigenvalue weighted by molar-refractivity contribution is -0.131. The zero-order valence-corrected chi connectivity index (χ0v) is 17.6. The Labute approximate surface area is 171 Å². The summed E-state index contributed by atoms with van der Waals surface area (Å²) in [7, 11) is 1.90. The van der Waals surface area contributed by atoms with Crippen molar-refractivity contribution in [2.45, 2.75) is 45.1 Å². The fourth-order valence-electron chi connectivity index (χ4n) is 3.89. The van der Waals surface area contributed by atoms with Crippen LogP contribution in [0.2, 0.25) is 5.02 Å². The Morgan fingerprint density at radius 1 is 1.15 bits per heavy atom. The second kappa shape index (κ2) is 7.99. The molecule has 0 spiro atoms. The number of nitrogens with one attached hydrogen (secondary N) is 1. The number of hydrogen-bond donors (Lipinski definition) is 1. The fourth-order valence-corrected chi connectivity index (χ4v) is 4.45. The summed E-state index contributed by atoms with van der Waals surface area (Å²) in [5, 5.41) is 4.48. The first-order valence-electron chi connectivity index (χ1n) is 9.27. The molecule has 1 aliphatic carbocycles. The molecule has 0 aliphatic heterocycles. The van der Waals surface area contributed by atoms with E-state index in [1.165, 1.54) is 5.56 Å². The van der Waals surface area contributed by atoms with Crippen LogP contribution in [0.4, 0.5) is 5.69 Å². The zero-order valence-electron chi connectivity index (χ0n) is 16.0. The Balaban J connectivity index is 2.00. The van der Waals surface area contributed by atoms with Gasteiger partial charge in [0, 0.05) is 29.7 Å². The smallest absolute Gasteiger partial charge is 0.174 e. The standard InChI is InChI=1S/C22H25ClN2OS/c1-15-9-8-12-19(16(15)2)24-21(27)25(3)22(14-7-6-13-20(22)26)17-10-4-5-11-18(17)23/h4-5,8-12H,6-7,13-14H2,1-3H3,(H,24,27)/t22-/m0/s1. The van der Waals surface area contributed by atoms with Crippen LogP contribution in [0.3, 0.4) is 0 Å². The van der Waals surface area contributed by atoms with Gasteiger partial charge in [-0.2, -0.15) is 0 Å². The molecule has 0 bridgehead atoms. The van der Waals surface area contributed by atoms with Crippen LogP contribution in [0.5, 0.6) is 0 Å². The quantitative estimate of drug-likeness (QED) is 0.677. The van der Waals surface area contributed by atoms with Crippen LogP contribution in [0.1, 0.15) is 42.4 Å². The predicted octanol–water partition coefficient (Wildman–Crippen LogP) is 5.62. The van der Waals surface area contributed by atoms with Gasteiger partial charge >= 0.3 is 0 Å². The van der Waals surface area contributed by atoms with Gasteiger partial charge < -0.3 is 10.2 Å². The monoisotopic (exact) mass is 400 g/mol. The maximum Gasteiger partial charge on any atom is 0.174 e. The van der Waals surface area contributed by atoms with Crippen LogP contribution in [0.25, 0.3) is 0 Å². The van der Waals surface area contributed by atoms with Crippen LogP contribution in [-0.2, 0) is 10.3 Å². The van der Waals surface area contributed by atoms with Crippen LogP contribution >= 0.6 is 23.8 Å². The lowest BCUT2D eigenvalue weighted by atomic mass is 9.74. The van der Waals surface area contributed by atoms with E-state index in [4.69, 9.17) is 23.8 Å². The number of carbonyl (C=O) groups excluding carboxylic acids is 1. The summed E-state index contributed by atoms with van der Waals surface area (Å²) >= 11 is 12.3. The van der Waals surface area contributed by atoms with Crippen molar-refractivity contribution in [2.75, 3.05) is 12.4 Å². The zero-order chi connectivity index (χ0) is 19.6. The molecule has 0 amide bonds. The third-order valence-electron chi connectivity index (χ3n) is 5.70. The molecule has 0 radical (unpaired) electrons. The molecule has 3 rings (SSSR count). The molecular formula is C22H25ClN2OS. The first-order valence-corrected chi connectivity index (χ1v) is 10.1. The van der Waals surface area contributed by atoms with Gasteiger partial charge in [-0.05, 0) is 68.6 Å². The highest BCUT2D eigenvalue weighted by Gasteiger charge is 2.47. The number of carbonyl (C=O) groups is 1. The van der Waals surface area contributed by atoms with Crippen LogP contribution in [0, 0.1) is 13.8 Å². The third kappa shape index (κ3) is 3.61. The van der Waals surface area contributed by atoms with E-state index in [0.717, 1.165) is 29.7 Å². The third-order valence-corrected chi connectivity index (χ3v) is 6.40. The summed E-state index contributed by atoms with van der Waals surface area (Å²) in [5.41, 5.74) is 3.32. The van der Waals surface area contributed by atoms with Crippen LogP contribution in [0.15, 0.2) is 42.5 Å². The van der Waals surface area contributed by atoms with Gasteiger partial charge in [-0.1, -0.05) is 41.9 Å². The van der Waals surface area contributed by atoms with E-state index in [1.807, 2.05) is 48.3 Å². The molecule has 0 saturated heterocycles. The number of ketones is 1. The number of nitrogens with zero attached hydrogens (tertiary/aromatic N) is 1. The predicted molar refractivity (Wildman–Crippen MR) is 117 cm³/mol. The number of hydrogen-bond acceptors (Lipinski definition) is 2. The number of anilines is 1. The number of halogens is 1. The number of rotatable bonds is 3. The number of likely N-dealkylation sites (N-methyl/N-ethyl adjacent to an activating group) is 1. The minimum absolute atomic E-state index is 0.175. The number of Topliss-reactive ketones (excluding diaryl/α,β-unsaturated/α-hetero) is 1. The van der Waals surface area contributed by atoms with Gasteiger partial charge in [-0.15, -0.1) is 0 Å². The van der Waals surface area contributed by atoms with Gasteiger partial charge in [-0.3, -0.25) is 4.79 Å². The van der Waals surface area contributed by atoms with Crippen LogP contribution in [-0.4, -0.2) is 22.8 Å².